The third kappa shape index (κ3) is 3.73. The molecule has 1 unspecified atom stereocenters. The van der Waals surface area contributed by atoms with Crippen LogP contribution in [0.1, 0.15) is 18.1 Å². The van der Waals surface area contributed by atoms with Gasteiger partial charge in [0.15, 0.2) is 0 Å². The van der Waals surface area contributed by atoms with Gasteiger partial charge in [-0.1, -0.05) is 46.3 Å². The van der Waals surface area contributed by atoms with Crippen molar-refractivity contribution >= 4 is 26.7 Å². The smallest absolute Gasteiger partial charge is 0.0346 e. The summed E-state index contributed by atoms with van der Waals surface area (Å²) < 4.78 is 1.18. The highest BCUT2D eigenvalue weighted by Gasteiger charge is 2.06. The summed E-state index contributed by atoms with van der Waals surface area (Å²) in [6.45, 7) is 3.11. The summed E-state index contributed by atoms with van der Waals surface area (Å²) in [7, 11) is 0. The van der Waals surface area contributed by atoms with Crippen LogP contribution in [0.4, 0.5) is 0 Å². The van der Waals surface area contributed by atoms with E-state index < -0.39 is 0 Å². The third-order valence-corrected chi connectivity index (χ3v) is 4.62. The molecule has 2 aromatic carbocycles. The van der Waals surface area contributed by atoms with E-state index >= 15 is 0 Å². The molecule has 3 heteroatoms. The van der Waals surface area contributed by atoms with Gasteiger partial charge in [-0.25, -0.2) is 0 Å². The van der Waals surface area contributed by atoms with Gasteiger partial charge in [-0.2, -0.15) is 0 Å². The highest BCUT2D eigenvalue weighted by atomic mass is 79.9. The van der Waals surface area contributed by atoms with E-state index in [0.29, 0.717) is 6.04 Å². The predicted octanol–water partition coefficient (Wildman–Crippen LogP) is 4.72. The van der Waals surface area contributed by atoms with Gasteiger partial charge < -0.3 is 5.32 Å². The Morgan fingerprint density at radius 1 is 1.09 bits per heavy atom. The first-order valence-corrected chi connectivity index (χ1v) is 8.31. The average Bonchev–Trinajstić information content (AvgIpc) is 2.55. The molecule has 3 aromatic rings. The van der Waals surface area contributed by atoms with Gasteiger partial charge in [0, 0.05) is 34.8 Å². The standard InChI is InChI=1S/C19H19BrN2/c1-14(10-17-4-2-3-5-19(17)20)22-12-15-6-7-18-13-21-9-8-16(18)11-15/h2-9,11,13-14,22H,10,12H2,1H3. The zero-order chi connectivity index (χ0) is 15.4. The van der Waals surface area contributed by atoms with Crippen molar-refractivity contribution in [3.05, 3.63) is 76.5 Å². The Bertz CT molecular complexity index is 770. The van der Waals surface area contributed by atoms with Crippen molar-refractivity contribution in [2.75, 3.05) is 0 Å². The van der Waals surface area contributed by atoms with E-state index in [-0.39, 0.29) is 0 Å². The lowest BCUT2D eigenvalue weighted by molar-refractivity contribution is 0.545. The lowest BCUT2D eigenvalue weighted by Gasteiger charge is -2.15. The third-order valence-electron chi connectivity index (χ3n) is 3.84. The van der Waals surface area contributed by atoms with Crippen molar-refractivity contribution in [3.8, 4) is 0 Å². The summed E-state index contributed by atoms with van der Waals surface area (Å²) in [5.74, 6) is 0. The molecule has 1 aromatic heterocycles. The second-order valence-corrected chi connectivity index (χ2v) is 6.49. The van der Waals surface area contributed by atoms with Crippen LogP contribution < -0.4 is 5.32 Å². The number of hydrogen-bond donors (Lipinski definition) is 1. The lowest BCUT2D eigenvalue weighted by Crippen LogP contribution is -2.27. The quantitative estimate of drug-likeness (QED) is 0.717. The highest BCUT2D eigenvalue weighted by Crippen LogP contribution is 2.18. The molecule has 112 valence electrons. The molecule has 0 aliphatic heterocycles. The summed E-state index contributed by atoms with van der Waals surface area (Å²) in [5.41, 5.74) is 2.64. The molecule has 1 atom stereocenters. The topological polar surface area (TPSA) is 24.9 Å². The van der Waals surface area contributed by atoms with Gasteiger partial charge >= 0.3 is 0 Å². The molecule has 2 nitrogen and oxygen atoms in total. The van der Waals surface area contributed by atoms with Gasteiger partial charge in [0.25, 0.3) is 0 Å². The van der Waals surface area contributed by atoms with E-state index in [1.807, 2.05) is 12.4 Å². The summed E-state index contributed by atoms with van der Waals surface area (Å²) in [6.07, 6.45) is 4.76. The van der Waals surface area contributed by atoms with Crippen LogP contribution >= 0.6 is 15.9 Å². The molecule has 22 heavy (non-hydrogen) atoms. The number of benzene rings is 2. The SMILES string of the molecule is CC(Cc1ccccc1Br)NCc1ccc2cnccc2c1. The zero-order valence-electron chi connectivity index (χ0n) is 12.6. The van der Waals surface area contributed by atoms with Crippen molar-refractivity contribution < 1.29 is 0 Å². The van der Waals surface area contributed by atoms with Crippen molar-refractivity contribution in [1.82, 2.24) is 10.3 Å². The second-order valence-electron chi connectivity index (χ2n) is 5.63. The van der Waals surface area contributed by atoms with Crippen molar-refractivity contribution in [1.29, 1.82) is 0 Å². The lowest BCUT2D eigenvalue weighted by atomic mass is 10.1. The van der Waals surface area contributed by atoms with Crippen LogP contribution in [0.3, 0.4) is 0 Å². The van der Waals surface area contributed by atoms with Gasteiger partial charge in [0.2, 0.25) is 0 Å². The molecule has 1 N–H and O–H groups in total. The van der Waals surface area contributed by atoms with E-state index in [9.17, 15) is 0 Å². The number of hydrogen-bond acceptors (Lipinski definition) is 2. The van der Waals surface area contributed by atoms with Gasteiger partial charge in [-0.3, -0.25) is 4.98 Å². The fourth-order valence-corrected chi connectivity index (χ4v) is 3.05. The number of pyridine rings is 1. The predicted molar refractivity (Wildman–Crippen MR) is 95.9 cm³/mol. The van der Waals surface area contributed by atoms with Crippen LogP contribution in [-0.2, 0) is 13.0 Å². The molecule has 0 fully saturated rings. The number of nitrogens with one attached hydrogen (secondary N) is 1. The maximum Gasteiger partial charge on any atom is 0.0346 e. The fourth-order valence-electron chi connectivity index (χ4n) is 2.60. The number of nitrogens with zero attached hydrogens (tertiary/aromatic N) is 1. The molecule has 0 radical (unpaired) electrons. The minimum atomic E-state index is 0.423. The number of rotatable bonds is 5. The Morgan fingerprint density at radius 2 is 1.95 bits per heavy atom. The van der Waals surface area contributed by atoms with Crippen LogP contribution in [0, 0.1) is 0 Å². The van der Waals surface area contributed by atoms with E-state index in [2.05, 4.69) is 81.7 Å². The average molecular weight is 355 g/mol. The van der Waals surface area contributed by atoms with Gasteiger partial charge in [0.05, 0.1) is 0 Å². The number of fused-ring (bicyclic) bond motifs is 1. The maximum absolute atomic E-state index is 4.15. The molecule has 1 heterocycles. The van der Waals surface area contributed by atoms with E-state index in [0.717, 1.165) is 13.0 Å². The summed E-state index contributed by atoms with van der Waals surface area (Å²) in [4.78, 5) is 4.15. The van der Waals surface area contributed by atoms with E-state index in [1.54, 1.807) is 0 Å². The first-order chi connectivity index (χ1) is 10.7. The van der Waals surface area contributed by atoms with Gasteiger partial charge in [-0.15, -0.1) is 0 Å². The first-order valence-electron chi connectivity index (χ1n) is 7.52. The maximum atomic E-state index is 4.15. The molecule has 0 aliphatic carbocycles. The minimum Gasteiger partial charge on any atom is -0.310 e. The van der Waals surface area contributed by atoms with E-state index in [4.69, 9.17) is 0 Å². The van der Waals surface area contributed by atoms with Crippen LogP contribution in [0.25, 0.3) is 10.8 Å². The molecule has 3 rings (SSSR count). The fraction of sp³-hybridized carbons (Fsp3) is 0.211. The Kier molecular flexibility index (Phi) is 4.86. The normalized spacial score (nSPS) is 12.5. The van der Waals surface area contributed by atoms with Gasteiger partial charge in [-0.05, 0) is 48.1 Å². The largest absolute Gasteiger partial charge is 0.310 e. The van der Waals surface area contributed by atoms with Crippen LogP contribution in [0.2, 0.25) is 0 Å². The molecule has 0 saturated carbocycles. The van der Waals surface area contributed by atoms with Crippen LogP contribution in [-0.4, -0.2) is 11.0 Å². The van der Waals surface area contributed by atoms with Crippen molar-refractivity contribution in [2.45, 2.75) is 25.9 Å². The summed E-state index contributed by atoms with van der Waals surface area (Å²) >= 11 is 3.61. The van der Waals surface area contributed by atoms with Crippen LogP contribution in [0.5, 0.6) is 0 Å². The number of halogens is 1. The Hall–Kier alpha value is -1.71. The molecule has 0 saturated heterocycles. The summed E-state index contributed by atoms with van der Waals surface area (Å²) in [5, 5.41) is 6.03. The van der Waals surface area contributed by atoms with E-state index in [1.165, 1.54) is 26.4 Å². The number of aromatic nitrogens is 1. The molecule has 0 aliphatic rings. The Balaban J connectivity index is 1.62. The molecule has 0 amide bonds. The molecule has 0 spiro atoms. The van der Waals surface area contributed by atoms with Crippen LogP contribution in [0.15, 0.2) is 65.4 Å². The van der Waals surface area contributed by atoms with Crippen molar-refractivity contribution in [2.24, 2.45) is 0 Å². The Labute approximate surface area is 139 Å². The van der Waals surface area contributed by atoms with Gasteiger partial charge in [0.1, 0.15) is 0 Å². The molecular weight excluding hydrogens is 336 g/mol. The second kappa shape index (κ2) is 7.03. The molecule has 0 bridgehead atoms. The summed E-state index contributed by atoms with van der Waals surface area (Å²) in [6, 6.07) is 17.4. The Morgan fingerprint density at radius 3 is 2.82 bits per heavy atom. The van der Waals surface area contributed by atoms with Crippen molar-refractivity contribution in [3.63, 3.8) is 0 Å². The first kappa shape index (κ1) is 15.2. The highest BCUT2D eigenvalue weighted by molar-refractivity contribution is 9.10. The monoisotopic (exact) mass is 354 g/mol. The minimum absolute atomic E-state index is 0.423. The zero-order valence-corrected chi connectivity index (χ0v) is 14.2. The molecular formula is C19H19BrN2.